The van der Waals surface area contributed by atoms with Gasteiger partial charge in [-0.15, -0.1) is 5.10 Å². The van der Waals surface area contributed by atoms with Crippen LogP contribution in [0.15, 0.2) is 60.7 Å². The first-order valence-electron chi connectivity index (χ1n) is 11.7. The molecular weight excluding hydrogens is 496 g/mol. The van der Waals surface area contributed by atoms with E-state index in [9.17, 15) is 9.90 Å². The molecule has 37 heavy (non-hydrogen) atoms. The summed E-state index contributed by atoms with van der Waals surface area (Å²) in [6, 6.07) is 19.6. The summed E-state index contributed by atoms with van der Waals surface area (Å²) in [5, 5.41) is 21.3. The van der Waals surface area contributed by atoms with Crippen LogP contribution in [0.3, 0.4) is 0 Å². The van der Waals surface area contributed by atoms with Crippen LogP contribution in [0.4, 0.5) is 0 Å². The molecular formula is C27H25ClN4O5. The van der Waals surface area contributed by atoms with Crippen LogP contribution in [0.1, 0.15) is 41.1 Å². The zero-order valence-corrected chi connectivity index (χ0v) is 21.1. The second-order valence-corrected chi connectivity index (χ2v) is 9.02. The number of carboxylic acids is 1. The van der Waals surface area contributed by atoms with Crippen molar-refractivity contribution < 1.29 is 24.1 Å². The van der Waals surface area contributed by atoms with Gasteiger partial charge in [0.05, 0.1) is 20.3 Å². The van der Waals surface area contributed by atoms with E-state index in [1.165, 1.54) is 4.68 Å². The number of benzene rings is 3. The Morgan fingerprint density at radius 2 is 1.81 bits per heavy atom. The van der Waals surface area contributed by atoms with Gasteiger partial charge in [0.1, 0.15) is 12.5 Å². The lowest BCUT2D eigenvalue weighted by molar-refractivity contribution is -0.136. The van der Waals surface area contributed by atoms with Crippen LogP contribution in [0.2, 0.25) is 5.02 Å². The highest BCUT2D eigenvalue weighted by Crippen LogP contribution is 2.49. The van der Waals surface area contributed by atoms with Gasteiger partial charge in [0.15, 0.2) is 17.3 Å². The average Bonchev–Trinajstić information content (AvgIpc) is 3.29. The molecule has 0 saturated carbocycles. The van der Waals surface area contributed by atoms with E-state index in [1.807, 2.05) is 54.6 Å². The van der Waals surface area contributed by atoms with Crippen molar-refractivity contribution in [3.8, 4) is 22.6 Å². The summed E-state index contributed by atoms with van der Waals surface area (Å²) in [6.07, 6.45) is -0.657. The zero-order valence-electron chi connectivity index (χ0n) is 20.3. The average molecular weight is 521 g/mol. The number of halogens is 1. The minimum Gasteiger partial charge on any atom is -0.493 e. The number of aryl methyl sites for hydroxylation is 1. The quantitative estimate of drug-likeness (QED) is 0.350. The molecule has 10 heteroatoms. The van der Waals surface area contributed by atoms with Crippen LogP contribution in [0.5, 0.6) is 11.5 Å². The monoisotopic (exact) mass is 520 g/mol. The molecule has 3 aromatic carbocycles. The van der Waals surface area contributed by atoms with Crippen molar-refractivity contribution in [2.24, 2.45) is 0 Å². The van der Waals surface area contributed by atoms with E-state index in [4.69, 9.17) is 25.8 Å². The third kappa shape index (κ3) is 4.87. The lowest BCUT2D eigenvalue weighted by Gasteiger charge is -2.26. The SMILES string of the molecule is COc1cccc([C@H]2O[C@H](CCn3nnnc3CC(=O)O)c3ccccc3-c3ccc(Cl)cc32)c1OC. The largest absolute Gasteiger partial charge is 0.493 e. The summed E-state index contributed by atoms with van der Waals surface area (Å²) in [4.78, 5) is 11.2. The molecule has 0 spiro atoms. The highest BCUT2D eigenvalue weighted by molar-refractivity contribution is 6.30. The number of carbonyl (C=O) groups is 1. The van der Waals surface area contributed by atoms with Gasteiger partial charge in [-0.3, -0.25) is 4.79 Å². The Balaban J connectivity index is 1.61. The summed E-state index contributed by atoms with van der Waals surface area (Å²) >= 11 is 6.48. The van der Waals surface area contributed by atoms with Gasteiger partial charge in [0, 0.05) is 17.1 Å². The summed E-state index contributed by atoms with van der Waals surface area (Å²) in [5.41, 5.74) is 4.75. The molecule has 190 valence electrons. The molecule has 0 aliphatic carbocycles. The van der Waals surface area contributed by atoms with Crippen molar-refractivity contribution >= 4 is 17.6 Å². The summed E-state index contributed by atoms with van der Waals surface area (Å²) in [7, 11) is 3.20. The van der Waals surface area contributed by atoms with Crippen molar-refractivity contribution in [2.45, 2.75) is 31.6 Å². The van der Waals surface area contributed by atoms with Gasteiger partial charge in [-0.05, 0) is 57.3 Å². The summed E-state index contributed by atoms with van der Waals surface area (Å²) in [6.45, 7) is 0.369. The molecule has 0 amide bonds. The van der Waals surface area contributed by atoms with Gasteiger partial charge in [-0.1, -0.05) is 54.1 Å². The first kappa shape index (κ1) is 24.7. The first-order chi connectivity index (χ1) is 18.0. The Morgan fingerprint density at radius 1 is 1.03 bits per heavy atom. The highest BCUT2D eigenvalue weighted by atomic mass is 35.5. The van der Waals surface area contributed by atoms with E-state index >= 15 is 0 Å². The minimum absolute atomic E-state index is 0.261. The number of aliphatic carboxylic acids is 1. The number of nitrogens with zero attached hydrogens (tertiary/aromatic N) is 4. The van der Waals surface area contributed by atoms with Gasteiger partial charge < -0.3 is 19.3 Å². The molecule has 0 fully saturated rings. The molecule has 9 nitrogen and oxygen atoms in total. The van der Waals surface area contributed by atoms with Crippen LogP contribution >= 0.6 is 11.6 Å². The predicted octanol–water partition coefficient (Wildman–Crippen LogP) is 4.89. The van der Waals surface area contributed by atoms with E-state index in [2.05, 4.69) is 21.6 Å². The molecule has 1 aliphatic heterocycles. The molecule has 1 aliphatic rings. The van der Waals surface area contributed by atoms with E-state index < -0.39 is 12.1 Å². The summed E-state index contributed by atoms with van der Waals surface area (Å²) in [5.74, 6) is 0.465. The van der Waals surface area contributed by atoms with Gasteiger partial charge in [-0.25, -0.2) is 4.68 Å². The fourth-order valence-electron chi connectivity index (χ4n) is 4.81. The van der Waals surface area contributed by atoms with E-state index in [1.54, 1.807) is 14.2 Å². The van der Waals surface area contributed by atoms with E-state index in [0.29, 0.717) is 29.5 Å². The zero-order chi connectivity index (χ0) is 25.9. The van der Waals surface area contributed by atoms with Gasteiger partial charge in [-0.2, -0.15) is 0 Å². The molecule has 0 radical (unpaired) electrons. The number of aromatic nitrogens is 4. The lowest BCUT2D eigenvalue weighted by Crippen LogP contribution is -2.16. The summed E-state index contributed by atoms with van der Waals surface area (Å²) < 4.78 is 19.7. The molecule has 1 N–H and O–H groups in total. The van der Waals surface area contributed by atoms with Crippen LogP contribution in [0.25, 0.3) is 11.1 Å². The lowest BCUT2D eigenvalue weighted by atomic mass is 9.90. The Kier molecular flexibility index (Phi) is 7.07. The maximum absolute atomic E-state index is 11.2. The number of rotatable bonds is 8. The molecule has 0 bridgehead atoms. The molecule has 2 heterocycles. The number of ether oxygens (including phenoxy) is 3. The van der Waals surface area contributed by atoms with Crippen molar-refractivity contribution in [3.63, 3.8) is 0 Å². The van der Waals surface area contributed by atoms with Gasteiger partial charge in [0.2, 0.25) is 0 Å². The smallest absolute Gasteiger partial charge is 0.311 e. The molecule has 0 saturated heterocycles. The van der Waals surface area contributed by atoms with Gasteiger partial charge in [0.25, 0.3) is 0 Å². The molecule has 0 unspecified atom stereocenters. The molecule has 1 aromatic heterocycles. The number of fused-ring (bicyclic) bond motifs is 3. The second-order valence-electron chi connectivity index (χ2n) is 8.58. The third-order valence-corrected chi connectivity index (χ3v) is 6.66. The van der Waals surface area contributed by atoms with Crippen molar-refractivity contribution in [1.82, 2.24) is 20.2 Å². The third-order valence-electron chi connectivity index (χ3n) is 6.43. The van der Waals surface area contributed by atoms with Crippen LogP contribution in [-0.2, 0) is 22.5 Å². The Bertz CT molecular complexity index is 1440. The van der Waals surface area contributed by atoms with E-state index in [0.717, 1.165) is 27.8 Å². The predicted molar refractivity (Wildman–Crippen MR) is 136 cm³/mol. The van der Waals surface area contributed by atoms with Crippen molar-refractivity contribution in [2.75, 3.05) is 14.2 Å². The number of carboxylic acid groups (broad SMARTS) is 1. The second kappa shape index (κ2) is 10.6. The number of tetrazole rings is 1. The number of hydrogen-bond donors (Lipinski definition) is 1. The standard InChI is InChI=1S/C27H25ClN4O5/c1-35-23-9-5-8-20(27(23)36-2)26-21-14-16(28)10-11-18(21)17-6-3-4-7-19(17)22(37-26)12-13-32-24(15-25(33)34)29-30-31-32/h3-11,14,22,26H,12-13,15H2,1-2H3,(H,33,34)/t22-,26-/m1/s1. The van der Waals surface area contributed by atoms with Gasteiger partial charge >= 0.3 is 5.97 Å². The Morgan fingerprint density at radius 3 is 2.59 bits per heavy atom. The molecule has 5 rings (SSSR count). The van der Waals surface area contributed by atoms with Crippen LogP contribution < -0.4 is 9.47 Å². The van der Waals surface area contributed by atoms with E-state index in [-0.39, 0.29) is 18.3 Å². The van der Waals surface area contributed by atoms with Crippen molar-refractivity contribution in [1.29, 1.82) is 0 Å². The Labute approximate surface area is 218 Å². The highest BCUT2D eigenvalue weighted by Gasteiger charge is 2.33. The fourth-order valence-corrected chi connectivity index (χ4v) is 4.99. The molecule has 2 atom stereocenters. The van der Waals surface area contributed by atoms with Crippen molar-refractivity contribution in [3.05, 3.63) is 88.2 Å². The number of hydrogen-bond acceptors (Lipinski definition) is 7. The van der Waals surface area contributed by atoms with Crippen LogP contribution in [-0.4, -0.2) is 45.5 Å². The number of para-hydroxylation sites is 1. The Hall–Kier alpha value is -3.95. The molecule has 4 aromatic rings. The minimum atomic E-state index is -0.996. The maximum atomic E-state index is 11.2. The maximum Gasteiger partial charge on any atom is 0.311 e. The topological polar surface area (TPSA) is 109 Å². The fraction of sp³-hybridized carbons (Fsp3) is 0.259. The number of methoxy groups -OCH3 is 2. The first-order valence-corrected chi connectivity index (χ1v) is 12.1. The van der Waals surface area contributed by atoms with Crippen LogP contribution in [0, 0.1) is 0 Å². The normalized spacial score (nSPS) is 16.4.